The van der Waals surface area contributed by atoms with E-state index in [1.807, 2.05) is 6.07 Å². The highest BCUT2D eigenvalue weighted by atomic mass is 32.1. The molecule has 1 amide bonds. The van der Waals surface area contributed by atoms with Crippen LogP contribution in [0.2, 0.25) is 0 Å². The van der Waals surface area contributed by atoms with Gasteiger partial charge in [-0.2, -0.15) is 0 Å². The molecule has 92 valence electrons. The first kappa shape index (κ1) is 13.7. The summed E-state index contributed by atoms with van der Waals surface area (Å²) in [6.45, 7) is 1.60. The highest BCUT2D eigenvalue weighted by Crippen LogP contribution is 2.14. The van der Waals surface area contributed by atoms with Gasteiger partial charge < -0.3 is 15.8 Å². The van der Waals surface area contributed by atoms with Crippen LogP contribution in [0.15, 0.2) is 12.1 Å². The Kier molecular flexibility index (Phi) is 6.33. The molecule has 1 rings (SSSR count). The summed E-state index contributed by atoms with van der Waals surface area (Å²) in [5.41, 5.74) is 5.28. The molecule has 0 saturated heterocycles. The molecule has 0 unspecified atom stereocenters. The fourth-order valence-electron chi connectivity index (χ4n) is 1.17. The maximum Gasteiger partial charge on any atom is 0.261 e. The molecule has 0 fully saturated rings. The number of hydrogen-bond donors (Lipinski definition) is 2. The predicted octanol–water partition coefficient (Wildman–Crippen LogP) is 0.825. The van der Waals surface area contributed by atoms with Crippen LogP contribution < -0.4 is 11.1 Å². The van der Waals surface area contributed by atoms with Gasteiger partial charge in [0.2, 0.25) is 0 Å². The van der Waals surface area contributed by atoms with Crippen LogP contribution in [0.5, 0.6) is 0 Å². The number of nitrogens with one attached hydrogen (secondary N) is 1. The van der Waals surface area contributed by atoms with Crippen molar-refractivity contribution in [2.45, 2.75) is 6.42 Å². The first-order valence-electron chi connectivity index (χ1n) is 5.34. The Morgan fingerprint density at radius 3 is 3.12 bits per heavy atom. The van der Waals surface area contributed by atoms with Gasteiger partial charge in [0, 0.05) is 20.3 Å². The third-order valence-corrected chi connectivity index (χ3v) is 2.95. The van der Waals surface area contributed by atoms with Crippen molar-refractivity contribution >= 4 is 17.2 Å². The van der Waals surface area contributed by atoms with Crippen molar-refractivity contribution in [3.63, 3.8) is 0 Å². The zero-order valence-corrected chi connectivity index (χ0v) is 10.6. The maximum atomic E-state index is 11.7. The Morgan fingerprint density at radius 1 is 1.59 bits per heavy atom. The van der Waals surface area contributed by atoms with Gasteiger partial charge in [-0.25, -0.2) is 0 Å². The van der Waals surface area contributed by atoms with E-state index in [0.29, 0.717) is 24.6 Å². The molecule has 0 atom stereocenters. The number of methoxy groups -OCH3 is 1. The molecule has 0 radical (unpaired) electrons. The van der Waals surface area contributed by atoms with Crippen LogP contribution in [0, 0.1) is 11.8 Å². The molecule has 0 bridgehead atoms. The number of carbonyl (C=O) groups is 1. The lowest BCUT2D eigenvalue weighted by Crippen LogP contribution is -2.24. The molecule has 1 heterocycles. The quantitative estimate of drug-likeness (QED) is 0.602. The smallest absolute Gasteiger partial charge is 0.261 e. The summed E-state index contributed by atoms with van der Waals surface area (Å²) >= 11 is 1.37. The van der Waals surface area contributed by atoms with Crippen LogP contribution >= 0.6 is 11.3 Å². The standard InChI is InChI=1S/C12H16N2O2S/c1-16-9-3-8-14-12(15)11-6-5-10(17-11)4-2-7-13/h5-6H,3,7-9,13H2,1H3,(H,14,15). The van der Waals surface area contributed by atoms with Crippen LogP contribution in [0.4, 0.5) is 0 Å². The topological polar surface area (TPSA) is 64.3 Å². The number of thiophene rings is 1. The van der Waals surface area contributed by atoms with Crippen LogP contribution in [0.1, 0.15) is 21.0 Å². The summed E-state index contributed by atoms with van der Waals surface area (Å²) in [4.78, 5) is 13.2. The van der Waals surface area contributed by atoms with E-state index in [-0.39, 0.29) is 5.91 Å². The van der Waals surface area contributed by atoms with E-state index in [4.69, 9.17) is 10.5 Å². The van der Waals surface area contributed by atoms with Gasteiger partial charge in [-0.3, -0.25) is 4.79 Å². The average molecular weight is 252 g/mol. The third kappa shape index (κ3) is 5.00. The van der Waals surface area contributed by atoms with Gasteiger partial charge in [-0.15, -0.1) is 11.3 Å². The number of carbonyl (C=O) groups excluding carboxylic acids is 1. The molecular formula is C12H16N2O2S. The first-order chi connectivity index (χ1) is 8.27. The lowest BCUT2D eigenvalue weighted by Gasteiger charge is -2.02. The van der Waals surface area contributed by atoms with Gasteiger partial charge in [0.25, 0.3) is 5.91 Å². The zero-order valence-electron chi connectivity index (χ0n) is 9.79. The van der Waals surface area contributed by atoms with Gasteiger partial charge in [-0.05, 0) is 18.6 Å². The molecule has 0 aliphatic rings. The van der Waals surface area contributed by atoms with Gasteiger partial charge in [0.05, 0.1) is 16.3 Å². The van der Waals surface area contributed by atoms with Crippen molar-refractivity contribution < 1.29 is 9.53 Å². The molecule has 4 nitrogen and oxygen atoms in total. The fourth-order valence-corrected chi connectivity index (χ4v) is 1.97. The molecule has 0 aliphatic carbocycles. The normalized spacial score (nSPS) is 9.53. The SMILES string of the molecule is COCCCNC(=O)c1ccc(C#CCN)s1. The van der Waals surface area contributed by atoms with Crippen LogP contribution in [-0.4, -0.2) is 32.7 Å². The number of ether oxygens (including phenoxy) is 1. The Balaban J connectivity index is 2.43. The zero-order chi connectivity index (χ0) is 12.5. The average Bonchev–Trinajstić information content (AvgIpc) is 2.80. The molecule has 0 aromatic carbocycles. The van der Waals surface area contributed by atoms with Gasteiger partial charge >= 0.3 is 0 Å². The second kappa shape index (κ2) is 7.85. The monoisotopic (exact) mass is 252 g/mol. The Labute approximate surface area is 105 Å². The number of rotatable bonds is 5. The summed E-state index contributed by atoms with van der Waals surface area (Å²) in [6.07, 6.45) is 0.813. The summed E-state index contributed by atoms with van der Waals surface area (Å²) in [6, 6.07) is 3.61. The molecule has 5 heteroatoms. The summed E-state index contributed by atoms with van der Waals surface area (Å²) in [5.74, 6) is 5.59. The predicted molar refractivity (Wildman–Crippen MR) is 69.1 cm³/mol. The number of nitrogens with two attached hydrogens (primary N) is 1. The van der Waals surface area contributed by atoms with Crippen molar-refractivity contribution in [3.8, 4) is 11.8 Å². The molecule has 3 N–H and O–H groups in total. The first-order valence-corrected chi connectivity index (χ1v) is 6.15. The maximum absolute atomic E-state index is 11.7. The van der Waals surface area contributed by atoms with Crippen LogP contribution in [-0.2, 0) is 4.74 Å². The largest absolute Gasteiger partial charge is 0.385 e. The van der Waals surface area contributed by atoms with Crippen molar-refractivity contribution in [2.75, 3.05) is 26.8 Å². The Bertz CT molecular complexity index is 418. The minimum absolute atomic E-state index is 0.0631. The molecule has 0 saturated carbocycles. The second-order valence-corrected chi connectivity index (χ2v) is 4.36. The van der Waals surface area contributed by atoms with E-state index in [0.717, 1.165) is 11.3 Å². The highest BCUT2D eigenvalue weighted by molar-refractivity contribution is 7.14. The van der Waals surface area contributed by atoms with E-state index in [1.165, 1.54) is 11.3 Å². The molecule has 17 heavy (non-hydrogen) atoms. The Hall–Kier alpha value is -1.35. The summed E-state index contributed by atoms with van der Waals surface area (Å²) < 4.78 is 4.90. The minimum atomic E-state index is -0.0631. The van der Waals surface area contributed by atoms with Crippen LogP contribution in [0.25, 0.3) is 0 Å². The van der Waals surface area contributed by atoms with Crippen molar-refractivity contribution in [3.05, 3.63) is 21.9 Å². The molecular weight excluding hydrogens is 236 g/mol. The highest BCUT2D eigenvalue weighted by Gasteiger charge is 2.07. The van der Waals surface area contributed by atoms with E-state index < -0.39 is 0 Å². The van der Waals surface area contributed by atoms with E-state index in [1.54, 1.807) is 13.2 Å². The van der Waals surface area contributed by atoms with Gasteiger partial charge in [-0.1, -0.05) is 11.8 Å². The van der Waals surface area contributed by atoms with Crippen molar-refractivity contribution in [1.82, 2.24) is 5.32 Å². The molecule has 0 spiro atoms. The third-order valence-electron chi connectivity index (χ3n) is 1.95. The summed E-state index contributed by atoms with van der Waals surface area (Å²) in [5, 5.41) is 2.82. The summed E-state index contributed by atoms with van der Waals surface area (Å²) in [7, 11) is 1.64. The van der Waals surface area contributed by atoms with E-state index in [9.17, 15) is 4.79 Å². The van der Waals surface area contributed by atoms with Gasteiger partial charge in [0.15, 0.2) is 0 Å². The van der Waals surface area contributed by atoms with E-state index >= 15 is 0 Å². The minimum Gasteiger partial charge on any atom is -0.385 e. The molecule has 1 aromatic rings. The van der Waals surface area contributed by atoms with Crippen molar-refractivity contribution in [2.24, 2.45) is 5.73 Å². The number of amides is 1. The molecule has 1 aromatic heterocycles. The fraction of sp³-hybridized carbons (Fsp3) is 0.417. The Morgan fingerprint density at radius 2 is 2.41 bits per heavy atom. The lowest BCUT2D eigenvalue weighted by atomic mass is 10.4. The number of hydrogen-bond acceptors (Lipinski definition) is 4. The van der Waals surface area contributed by atoms with Crippen LogP contribution in [0.3, 0.4) is 0 Å². The van der Waals surface area contributed by atoms with Crippen molar-refractivity contribution in [1.29, 1.82) is 0 Å². The molecule has 0 aliphatic heterocycles. The second-order valence-electron chi connectivity index (χ2n) is 3.27. The van der Waals surface area contributed by atoms with Gasteiger partial charge in [0.1, 0.15) is 0 Å². The van der Waals surface area contributed by atoms with E-state index in [2.05, 4.69) is 17.2 Å². The lowest BCUT2D eigenvalue weighted by molar-refractivity contribution is 0.0952.